The Morgan fingerprint density at radius 2 is 1.94 bits per heavy atom. The van der Waals surface area contributed by atoms with E-state index in [-0.39, 0.29) is 36.7 Å². The number of hydrogen-bond acceptors (Lipinski definition) is 7. The van der Waals surface area contributed by atoms with Gasteiger partial charge >= 0.3 is 0 Å². The molecular weight excluding hydrogens is 464 g/mol. The highest BCUT2D eigenvalue weighted by atomic mass is 32.1. The van der Waals surface area contributed by atoms with E-state index in [9.17, 15) is 24.9 Å². The van der Waals surface area contributed by atoms with Gasteiger partial charge in [0.25, 0.3) is 0 Å². The van der Waals surface area contributed by atoms with E-state index in [2.05, 4.69) is 10.3 Å². The summed E-state index contributed by atoms with van der Waals surface area (Å²) < 4.78 is 0. The number of aromatic nitrogens is 1. The number of nitrogens with zero attached hydrogens (tertiary/aromatic N) is 1. The fourth-order valence-corrected chi connectivity index (χ4v) is 4.83. The molecule has 5 atom stereocenters. The van der Waals surface area contributed by atoms with Gasteiger partial charge in [-0.1, -0.05) is 51.5 Å². The molecule has 8 heteroatoms. The van der Waals surface area contributed by atoms with Crippen LogP contribution in [0.4, 0.5) is 0 Å². The van der Waals surface area contributed by atoms with Crippen LogP contribution in [-0.2, 0) is 16.2 Å². The molecule has 194 valence electrons. The molecule has 0 bridgehead atoms. The van der Waals surface area contributed by atoms with Crippen LogP contribution in [0, 0.1) is 17.3 Å². The number of carbonyl (C=O) groups excluding carboxylic acids is 2. The van der Waals surface area contributed by atoms with Crippen molar-refractivity contribution in [3.05, 3.63) is 45.5 Å². The third-order valence-electron chi connectivity index (χ3n) is 6.89. The Kier molecular flexibility index (Phi) is 10.6. The number of carbonyl (C=O) groups is 2. The summed E-state index contributed by atoms with van der Waals surface area (Å²) in [5, 5.41) is 36.4. The van der Waals surface area contributed by atoms with Crippen molar-refractivity contribution in [3.8, 4) is 0 Å². The maximum atomic E-state index is 13.2. The summed E-state index contributed by atoms with van der Waals surface area (Å²) in [5.41, 5.74) is 1.43. The molecule has 7 nitrogen and oxygen atoms in total. The molecule has 4 N–H and O–H groups in total. The van der Waals surface area contributed by atoms with Crippen LogP contribution < -0.4 is 5.32 Å². The summed E-state index contributed by atoms with van der Waals surface area (Å²) in [4.78, 5) is 30.5. The number of nitrogens with one attached hydrogen (secondary N) is 1. The predicted octanol–water partition coefficient (Wildman–Crippen LogP) is 3.80. The van der Waals surface area contributed by atoms with Crippen LogP contribution in [0.15, 0.2) is 34.8 Å². The number of hydrogen-bond donors (Lipinski definition) is 4. The molecule has 0 spiro atoms. The molecule has 0 radical (unpaired) electrons. The first kappa shape index (κ1) is 29.1. The second-order valence-electron chi connectivity index (χ2n) is 10.2. The molecule has 35 heavy (non-hydrogen) atoms. The fourth-order valence-electron chi connectivity index (χ4n) is 4.22. The predicted molar refractivity (Wildman–Crippen MR) is 139 cm³/mol. The molecule has 0 unspecified atom stereocenters. The lowest BCUT2D eigenvalue weighted by molar-refractivity contribution is -0.143. The van der Waals surface area contributed by atoms with Crippen molar-refractivity contribution in [1.82, 2.24) is 10.3 Å². The summed E-state index contributed by atoms with van der Waals surface area (Å²) in [7, 11) is 0. The van der Waals surface area contributed by atoms with Crippen LogP contribution in [0.1, 0.15) is 71.5 Å². The summed E-state index contributed by atoms with van der Waals surface area (Å²) in [6.07, 6.45) is 6.78. The van der Waals surface area contributed by atoms with E-state index < -0.39 is 23.5 Å². The van der Waals surface area contributed by atoms with Crippen molar-refractivity contribution in [2.24, 2.45) is 17.3 Å². The number of ketones is 1. The number of thiazole rings is 1. The van der Waals surface area contributed by atoms with E-state index in [4.69, 9.17) is 0 Å². The van der Waals surface area contributed by atoms with Gasteiger partial charge in [-0.25, -0.2) is 4.98 Å². The number of Topliss-reactive ketones (excluding diaryl/α,β-unsaturated/α-hetero) is 1. The summed E-state index contributed by atoms with van der Waals surface area (Å²) in [6, 6.07) is -0.330. The molecule has 0 saturated carbocycles. The van der Waals surface area contributed by atoms with E-state index in [1.54, 1.807) is 20.8 Å². The average Bonchev–Trinajstić information content (AvgIpc) is 3.26. The van der Waals surface area contributed by atoms with Gasteiger partial charge in [0.15, 0.2) is 0 Å². The highest BCUT2D eigenvalue weighted by molar-refractivity contribution is 7.09. The standard InChI is InChI=1S/C27H40N2O5S/c1-16-8-7-9-17(2)25(33)19(4)26(34)27(5,6)22(31)13-23(32)29-21(11-10-16)18(3)12-20-15-35-24(14-30)28-20/h7-8,10,12,15,17,19,21-22,25,30-31,33H,9,11,13-14H2,1-6H3,(H,29,32)/b8-7+,16-10-,18-12+/t17-,19+,21-,22-,25-/m0/s1. The van der Waals surface area contributed by atoms with E-state index >= 15 is 0 Å². The van der Waals surface area contributed by atoms with E-state index in [1.807, 2.05) is 50.5 Å². The molecule has 0 saturated heterocycles. The minimum Gasteiger partial charge on any atom is -0.392 e. The van der Waals surface area contributed by atoms with Crippen LogP contribution in [0.3, 0.4) is 0 Å². The van der Waals surface area contributed by atoms with Crippen molar-refractivity contribution < 1.29 is 24.9 Å². The van der Waals surface area contributed by atoms with Gasteiger partial charge in [-0.2, -0.15) is 0 Å². The number of allylic oxidation sites excluding steroid dienone is 3. The maximum Gasteiger partial charge on any atom is 0.223 e. The van der Waals surface area contributed by atoms with Gasteiger partial charge in [0.1, 0.15) is 10.8 Å². The van der Waals surface area contributed by atoms with Crippen molar-refractivity contribution >= 4 is 29.1 Å². The average molecular weight is 505 g/mol. The maximum absolute atomic E-state index is 13.2. The molecule has 1 aliphatic rings. The van der Waals surface area contributed by atoms with Crippen molar-refractivity contribution in [3.63, 3.8) is 0 Å². The Bertz CT molecular complexity index is 978. The normalized spacial score (nSPS) is 32.0. The first-order valence-electron chi connectivity index (χ1n) is 12.1. The van der Waals surface area contributed by atoms with Gasteiger partial charge in [-0.05, 0) is 44.3 Å². The first-order valence-corrected chi connectivity index (χ1v) is 13.0. The van der Waals surface area contributed by atoms with Gasteiger partial charge in [-0.15, -0.1) is 11.3 Å². The van der Waals surface area contributed by atoms with Gasteiger partial charge in [0.2, 0.25) is 5.91 Å². The van der Waals surface area contributed by atoms with E-state index in [0.717, 1.165) is 11.1 Å². The largest absolute Gasteiger partial charge is 0.392 e. The highest BCUT2D eigenvalue weighted by Gasteiger charge is 2.42. The quantitative estimate of drug-likeness (QED) is 0.497. The molecular formula is C27H40N2O5S. The van der Waals surface area contributed by atoms with Gasteiger partial charge in [0.05, 0.1) is 42.4 Å². The van der Waals surface area contributed by atoms with Crippen LogP contribution in [0.2, 0.25) is 0 Å². The number of aliphatic hydroxyl groups is 3. The second-order valence-corrected chi connectivity index (χ2v) is 11.2. The molecule has 0 aliphatic carbocycles. The second kappa shape index (κ2) is 12.7. The topological polar surface area (TPSA) is 120 Å². The lowest BCUT2D eigenvalue weighted by Gasteiger charge is -2.34. The van der Waals surface area contributed by atoms with Crippen molar-refractivity contribution in [2.45, 2.75) is 85.7 Å². The Labute approximate surface area is 212 Å². The van der Waals surface area contributed by atoms with E-state index in [1.165, 1.54) is 11.3 Å². The summed E-state index contributed by atoms with van der Waals surface area (Å²) in [6.45, 7) is 10.6. The van der Waals surface area contributed by atoms with Gasteiger partial charge in [0, 0.05) is 11.3 Å². The zero-order valence-electron chi connectivity index (χ0n) is 21.6. The fraction of sp³-hybridized carbons (Fsp3) is 0.593. The Hall–Kier alpha value is -2.13. The molecule has 2 rings (SSSR count). The summed E-state index contributed by atoms with van der Waals surface area (Å²) in [5.74, 6) is -1.43. The van der Waals surface area contributed by atoms with Crippen molar-refractivity contribution in [1.29, 1.82) is 0 Å². The minimum atomic E-state index is -1.19. The summed E-state index contributed by atoms with van der Waals surface area (Å²) >= 11 is 1.37. The number of rotatable bonds is 3. The molecule has 2 heterocycles. The molecule has 0 fully saturated rings. The Morgan fingerprint density at radius 3 is 2.57 bits per heavy atom. The van der Waals surface area contributed by atoms with Crippen LogP contribution >= 0.6 is 11.3 Å². The zero-order chi connectivity index (χ0) is 26.3. The monoisotopic (exact) mass is 504 g/mol. The number of amides is 1. The highest BCUT2D eigenvalue weighted by Crippen LogP contribution is 2.31. The number of aliphatic hydroxyl groups excluding tert-OH is 3. The lowest BCUT2D eigenvalue weighted by Crippen LogP contribution is -2.47. The minimum absolute atomic E-state index is 0.118. The van der Waals surface area contributed by atoms with Crippen LogP contribution in [0.25, 0.3) is 6.08 Å². The molecule has 1 amide bonds. The van der Waals surface area contributed by atoms with Gasteiger partial charge < -0.3 is 20.6 Å². The van der Waals surface area contributed by atoms with Crippen molar-refractivity contribution in [2.75, 3.05) is 0 Å². The molecule has 1 aromatic rings. The van der Waals surface area contributed by atoms with E-state index in [0.29, 0.717) is 23.5 Å². The zero-order valence-corrected chi connectivity index (χ0v) is 22.4. The lowest BCUT2D eigenvalue weighted by atomic mass is 9.73. The van der Waals surface area contributed by atoms with Crippen LogP contribution in [0.5, 0.6) is 0 Å². The Balaban J connectivity index is 2.37. The molecule has 0 aromatic carbocycles. The smallest absolute Gasteiger partial charge is 0.223 e. The first-order chi connectivity index (χ1) is 16.4. The Morgan fingerprint density at radius 1 is 1.26 bits per heavy atom. The van der Waals surface area contributed by atoms with Gasteiger partial charge in [-0.3, -0.25) is 9.59 Å². The molecule has 1 aromatic heterocycles. The third-order valence-corrected chi connectivity index (χ3v) is 7.74. The van der Waals surface area contributed by atoms with Crippen LogP contribution in [-0.4, -0.2) is 50.2 Å². The molecule has 1 aliphatic heterocycles. The third kappa shape index (κ3) is 7.93. The SMILES string of the molecule is CC1=C/C[C@@H](/C(C)=C/c2csc(CO)n2)NC(=O)C[C@H](O)C(C)(C)C(=O)[C@H](C)[C@@H](O)[C@@H](C)C\C=C\1.